The van der Waals surface area contributed by atoms with Crippen LogP contribution in [-0.2, 0) is 21.2 Å². The van der Waals surface area contributed by atoms with Gasteiger partial charge in [-0.2, -0.15) is 0 Å². The van der Waals surface area contributed by atoms with Crippen LogP contribution in [0.15, 0.2) is 16.3 Å². The lowest BCUT2D eigenvalue weighted by Crippen LogP contribution is -2.36. The maximum atomic E-state index is 12.3. The van der Waals surface area contributed by atoms with Crippen LogP contribution < -0.4 is 4.72 Å². The van der Waals surface area contributed by atoms with E-state index in [2.05, 4.69) is 4.72 Å². The number of hydrogen-bond donors (Lipinski definition) is 2. The third-order valence-electron chi connectivity index (χ3n) is 3.68. The first-order valence-electron chi connectivity index (χ1n) is 6.71. The quantitative estimate of drug-likeness (QED) is 0.843. The molecule has 0 bridgehead atoms. The van der Waals surface area contributed by atoms with Crippen molar-refractivity contribution in [2.24, 2.45) is 5.92 Å². The van der Waals surface area contributed by atoms with Crippen LogP contribution in [0.5, 0.6) is 0 Å². The van der Waals surface area contributed by atoms with Gasteiger partial charge in [0.05, 0.1) is 6.42 Å². The number of nitrogens with one attached hydrogen (secondary N) is 1. The van der Waals surface area contributed by atoms with Crippen LogP contribution in [0, 0.1) is 5.92 Å². The molecule has 0 saturated heterocycles. The Bertz CT molecular complexity index is 573. The molecule has 0 radical (unpaired) electrons. The molecule has 1 aliphatic carbocycles. The topological polar surface area (TPSA) is 83.5 Å². The van der Waals surface area contributed by atoms with Crippen LogP contribution in [0.25, 0.3) is 0 Å². The van der Waals surface area contributed by atoms with Gasteiger partial charge in [-0.1, -0.05) is 12.8 Å². The molecule has 0 spiro atoms. The average molecular weight is 317 g/mol. The maximum absolute atomic E-state index is 12.3. The second-order valence-electron chi connectivity index (χ2n) is 5.25. The molecule has 1 aromatic rings. The molecule has 1 heterocycles. The lowest BCUT2D eigenvalue weighted by atomic mass is 10.0. The highest BCUT2D eigenvalue weighted by molar-refractivity contribution is 7.91. The smallest absolute Gasteiger partial charge is 0.308 e. The fourth-order valence-corrected chi connectivity index (χ4v) is 5.28. The molecule has 2 rings (SSSR count). The number of rotatable bonds is 6. The SMILES string of the molecule is C[C@H](NS(=O)(=O)c1ccc(CC(=O)O)s1)C1CCCC1. The summed E-state index contributed by atoms with van der Waals surface area (Å²) < 4.78 is 27.4. The van der Waals surface area contributed by atoms with Crippen LogP contribution in [0.3, 0.4) is 0 Å². The molecule has 0 amide bonds. The van der Waals surface area contributed by atoms with Gasteiger partial charge in [0.1, 0.15) is 4.21 Å². The van der Waals surface area contributed by atoms with E-state index < -0.39 is 16.0 Å². The molecule has 20 heavy (non-hydrogen) atoms. The number of carboxylic acids is 1. The monoisotopic (exact) mass is 317 g/mol. The lowest BCUT2D eigenvalue weighted by Gasteiger charge is -2.19. The molecule has 1 aromatic heterocycles. The number of sulfonamides is 1. The summed E-state index contributed by atoms with van der Waals surface area (Å²) in [5.41, 5.74) is 0. The van der Waals surface area contributed by atoms with Gasteiger partial charge in [-0.3, -0.25) is 4.79 Å². The van der Waals surface area contributed by atoms with Gasteiger partial charge in [0.25, 0.3) is 0 Å². The summed E-state index contributed by atoms with van der Waals surface area (Å²) in [6.07, 6.45) is 4.33. The van der Waals surface area contributed by atoms with E-state index in [1.165, 1.54) is 18.9 Å². The minimum absolute atomic E-state index is 0.0764. The van der Waals surface area contributed by atoms with E-state index in [-0.39, 0.29) is 16.7 Å². The number of hydrogen-bond acceptors (Lipinski definition) is 4. The minimum Gasteiger partial charge on any atom is -0.481 e. The van der Waals surface area contributed by atoms with Gasteiger partial charge in [0, 0.05) is 10.9 Å². The van der Waals surface area contributed by atoms with E-state index in [9.17, 15) is 13.2 Å². The Balaban J connectivity index is 2.05. The molecular weight excluding hydrogens is 298 g/mol. The maximum Gasteiger partial charge on any atom is 0.308 e. The van der Waals surface area contributed by atoms with Crippen molar-refractivity contribution in [3.8, 4) is 0 Å². The zero-order chi connectivity index (χ0) is 14.8. The summed E-state index contributed by atoms with van der Waals surface area (Å²) >= 11 is 1.02. The number of aliphatic carboxylic acids is 1. The molecule has 5 nitrogen and oxygen atoms in total. The fraction of sp³-hybridized carbons (Fsp3) is 0.615. The average Bonchev–Trinajstić information content (AvgIpc) is 2.97. The fourth-order valence-electron chi connectivity index (χ4n) is 2.60. The van der Waals surface area contributed by atoms with Gasteiger partial charge in [0.2, 0.25) is 10.0 Å². The molecule has 1 saturated carbocycles. The Morgan fingerprint density at radius 2 is 2.10 bits per heavy atom. The number of thiophene rings is 1. The standard InChI is InChI=1S/C13H19NO4S2/c1-9(10-4-2-3-5-10)14-20(17,18)13-7-6-11(19-13)8-12(15)16/h6-7,9-10,14H,2-5,8H2,1H3,(H,15,16)/t9-/m0/s1. The summed E-state index contributed by atoms with van der Waals surface area (Å²) in [4.78, 5) is 11.2. The Hall–Kier alpha value is -0.920. The Kier molecular flexibility index (Phi) is 4.82. The molecule has 1 aliphatic rings. The molecule has 7 heteroatoms. The summed E-state index contributed by atoms with van der Waals surface area (Å²) in [7, 11) is -3.54. The van der Waals surface area contributed by atoms with E-state index in [0.29, 0.717) is 10.8 Å². The van der Waals surface area contributed by atoms with E-state index in [4.69, 9.17) is 5.11 Å². The van der Waals surface area contributed by atoms with Crippen molar-refractivity contribution in [3.63, 3.8) is 0 Å². The van der Waals surface area contributed by atoms with Crippen LogP contribution in [0.2, 0.25) is 0 Å². The van der Waals surface area contributed by atoms with Gasteiger partial charge >= 0.3 is 5.97 Å². The van der Waals surface area contributed by atoms with Crippen LogP contribution >= 0.6 is 11.3 Å². The van der Waals surface area contributed by atoms with Gasteiger partial charge < -0.3 is 5.11 Å². The van der Waals surface area contributed by atoms with Crippen LogP contribution in [0.4, 0.5) is 0 Å². The Labute approximate surface area is 123 Å². The summed E-state index contributed by atoms with van der Waals surface area (Å²) in [6, 6.07) is 2.97. The Morgan fingerprint density at radius 3 is 2.70 bits per heavy atom. The second kappa shape index (κ2) is 6.24. The summed E-state index contributed by atoms with van der Waals surface area (Å²) in [6.45, 7) is 1.90. The van der Waals surface area contributed by atoms with E-state index >= 15 is 0 Å². The second-order valence-corrected chi connectivity index (χ2v) is 8.35. The van der Waals surface area contributed by atoms with Gasteiger partial charge in [-0.05, 0) is 37.8 Å². The third kappa shape index (κ3) is 3.80. The van der Waals surface area contributed by atoms with Crippen molar-refractivity contribution >= 4 is 27.3 Å². The first kappa shape index (κ1) is 15.5. The predicted molar refractivity (Wildman–Crippen MR) is 77.4 cm³/mol. The molecule has 2 N–H and O–H groups in total. The molecule has 112 valence electrons. The normalized spacial score (nSPS) is 18.2. The van der Waals surface area contributed by atoms with Crippen LogP contribution in [-0.4, -0.2) is 25.5 Å². The van der Waals surface area contributed by atoms with E-state index in [1.807, 2.05) is 6.92 Å². The largest absolute Gasteiger partial charge is 0.481 e. The highest BCUT2D eigenvalue weighted by atomic mass is 32.2. The van der Waals surface area contributed by atoms with Gasteiger partial charge in [-0.15, -0.1) is 11.3 Å². The van der Waals surface area contributed by atoms with E-state index in [1.54, 1.807) is 6.07 Å². The van der Waals surface area contributed by atoms with Crippen molar-refractivity contribution < 1.29 is 18.3 Å². The summed E-state index contributed by atoms with van der Waals surface area (Å²) in [5, 5.41) is 8.71. The lowest BCUT2D eigenvalue weighted by molar-refractivity contribution is -0.136. The summed E-state index contributed by atoms with van der Waals surface area (Å²) in [5.74, 6) is -0.550. The zero-order valence-corrected chi connectivity index (χ0v) is 13.0. The van der Waals surface area contributed by atoms with E-state index in [0.717, 1.165) is 24.2 Å². The van der Waals surface area contributed by atoms with Crippen molar-refractivity contribution in [2.75, 3.05) is 0 Å². The zero-order valence-electron chi connectivity index (χ0n) is 11.3. The molecule has 1 fully saturated rings. The Morgan fingerprint density at radius 1 is 1.45 bits per heavy atom. The van der Waals surface area contributed by atoms with Crippen LogP contribution in [0.1, 0.15) is 37.5 Å². The predicted octanol–water partition coefficient (Wildman–Crippen LogP) is 2.23. The molecular formula is C13H19NO4S2. The number of carboxylic acid groups (broad SMARTS) is 1. The highest BCUT2D eigenvalue weighted by Gasteiger charge is 2.27. The highest BCUT2D eigenvalue weighted by Crippen LogP contribution is 2.29. The van der Waals surface area contributed by atoms with Crippen molar-refractivity contribution in [1.29, 1.82) is 0 Å². The first-order valence-corrected chi connectivity index (χ1v) is 9.01. The van der Waals surface area contributed by atoms with Crippen molar-refractivity contribution in [3.05, 3.63) is 17.0 Å². The molecule has 0 aliphatic heterocycles. The van der Waals surface area contributed by atoms with Crippen molar-refractivity contribution in [2.45, 2.75) is 49.3 Å². The third-order valence-corrected chi connectivity index (χ3v) is 6.81. The van der Waals surface area contributed by atoms with Gasteiger partial charge in [0.15, 0.2) is 0 Å². The first-order chi connectivity index (χ1) is 9.38. The van der Waals surface area contributed by atoms with Gasteiger partial charge in [-0.25, -0.2) is 13.1 Å². The molecule has 0 aromatic carbocycles. The molecule has 1 atom stereocenters. The number of carbonyl (C=O) groups is 1. The van der Waals surface area contributed by atoms with Crippen molar-refractivity contribution in [1.82, 2.24) is 4.72 Å². The minimum atomic E-state index is -3.54. The molecule has 0 unspecified atom stereocenters.